The van der Waals surface area contributed by atoms with Gasteiger partial charge in [0, 0.05) is 36.8 Å². The van der Waals surface area contributed by atoms with Crippen LogP contribution in [0.15, 0.2) is 0 Å². The van der Waals surface area contributed by atoms with E-state index in [1.165, 1.54) is 27.7 Å². The molecule has 21 heteroatoms. The van der Waals surface area contributed by atoms with E-state index in [-0.39, 0.29) is 44.6 Å². The SMILES string of the molecule is CC(C)(COP(=O)(O)O)C(O)C(=O)NCCCC(=O)CCCNC(=O)C(O)C(C)(C)COP(=O)(O)OP(=O)(O)O. The second kappa shape index (κ2) is 15.9. The van der Waals surface area contributed by atoms with Gasteiger partial charge in [-0.3, -0.25) is 23.4 Å². The van der Waals surface area contributed by atoms with Crippen LogP contribution in [-0.4, -0.2) is 90.8 Å². The van der Waals surface area contributed by atoms with E-state index in [0.717, 1.165) is 0 Å². The lowest BCUT2D eigenvalue weighted by Crippen LogP contribution is -2.46. The number of carbonyl (C=O) groups excluding carboxylic acids is 3. The maximum atomic E-state index is 12.2. The molecule has 3 atom stereocenters. The summed E-state index contributed by atoms with van der Waals surface area (Å²) in [5.74, 6) is -1.89. The Morgan fingerprint density at radius 1 is 0.700 bits per heavy atom. The molecule has 9 N–H and O–H groups in total. The summed E-state index contributed by atoms with van der Waals surface area (Å²) in [6.45, 7) is 4.00. The minimum Gasteiger partial charge on any atom is -0.383 e. The molecule has 0 bridgehead atoms. The number of aliphatic hydroxyl groups excluding tert-OH is 2. The van der Waals surface area contributed by atoms with Crippen molar-refractivity contribution in [2.75, 3.05) is 26.3 Å². The van der Waals surface area contributed by atoms with Crippen LogP contribution >= 0.6 is 23.5 Å². The van der Waals surface area contributed by atoms with Gasteiger partial charge in [0.25, 0.3) is 0 Å². The molecule has 0 saturated carbocycles. The minimum absolute atomic E-state index is 0.00687. The fourth-order valence-electron chi connectivity index (χ4n) is 2.84. The number of rotatable bonds is 20. The lowest BCUT2D eigenvalue weighted by molar-refractivity contribution is -0.137. The molecule has 0 aliphatic carbocycles. The molecule has 0 radical (unpaired) electrons. The Kier molecular flexibility index (Phi) is 15.5. The van der Waals surface area contributed by atoms with Gasteiger partial charge in [-0.25, -0.2) is 13.7 Å². The summed E-state index contributed by atoms with van der Waals surface area (Å²) in [7, 11) is -15.3. The van der Waals surface area contributed by atoms with Crippen LogP contribution in [0, 0.1) is 10.8 Å². The molecule has 0 aliphatic heterocycles. The van der Waals surface area contributed by atoms with Gasteiger partial charge >= 0.3 is 23.5 Å². The molecule has 0 aromatic rings. The van der Waals surface area contributed by atoms with Crippen LogP contribution in [-0.2, 0) is 41.4 Å². The molecule has 236 valence electrons. The molecular weight excluding hydrogens is 605 g/mol. The first kappa shape index (κ1) is 38.9. The number of carbonyl (C=O) groups is 3. The minimum atomic E-state index is -5.33. The predicted molar refractivity (Wildman–Crippen MR) is 136 cm³/mol. The van der Waals surface area contributed by atoms with Crippen molar-refractivity contribution in [2.45, 2.75) is 65.6 Å². The van der Waals surface area contributed by atoms with Crippen LogP contribution in [0.4, 0.5) is 0 Å². The van der Waals surface area contributed by atoms with Gasteiger partial charge in [-0.15, -0.1) is 0 Å². The first-order chi connectivity index (χ1) is 17.9. The van der Waals surface area contributed by atoms with E-state index >= 15 is 0 Å². The number of nitrogens with one attached hydrogen (secondary N) is 2. The van der Waals surface area contributed by atoms with Crippen LogP contribution in [0.1, 0.15) is 53.4 Å². The van der Waals surface area contributed by atoms with E-state index in [1.54, 1.807) is 0 Å². The summed E-state index contributed by atoms with van der Waals surface area (Å²) >= 11 is 0. The van der Waals surface area contributed by atoms with E-state index < -0.39 is 71.5 Å². The monoisotopic (exact) mass is 644 g/mol. The van der Waals surface area contributed by atoms with Gasteiger partial charge in [-0.1, -0.05) is 27.7 Å². The maximum absolute atomic E-state index is 12.2. The Bertz CT molecular complexity index is 1010. The second-order valence-electron chi connectivity index (χ2n) is 10.2. The molecule has 3 unspecified atom stereocenters. The summed E-state index contributed by atoms with van der Waals surface area (Å²) in [5, 5.41) is 25.1. The van der Waals surface area contributed by atoms with Gasteiger partial charge in [0.2, 0.25) is 11.8 Å². The zero-order valence-corrected chi connectivity index (χ0v) is 25.1. The molecule has 2 amide bonds. The number of amides is 2. The Labute approximate surface area is 230 Å². The van der Waals surface area contributed by atoms with Gasteiger partial charge in [0.05, 0.1) is 13.2 Å². The van der Waals surface area contributed by atoms with Crippen LogP contribution in [0.2, 0.25) is 0 Å². The highest BCUT2D eigenvalue weighted by Crippen LogP contribution is 2.58. The topological polar surface area (TPSA) is 296 Å². The quantitative estimate of drug-likeness (QED) is 0.0594. The number of aliphatic hydroxyl groups is 2. The Balaban J connectivity index is 4.35. The number of ketones is 1. The largest absolute Gasteiger partial charge is 0.481 e. The van der Waals surface area contributed by atoms with Gasteiger partial charge in [0.15, 0.2) is 0 Å². The van der Waals surface area contributed by atoms with Crippen molar-refractivity contribution in [1.82, 2.24) is 10.6 Å². The van der Waals surface area contributed by atoms with Crippen molar-refractivity contribution in [1.29, 1.82) is 0 Å². The second-order valence-corrected chi connectivity index (χ2v) is 14.3. The normalized spacial score (nSPS) is 16.1. The van der Waals surface area contributed by atoms with Crippen molar-refractivity contribution in [3.63, 3.8) is 0 Å². The third kappa shape index (κ3) is 17.0. The van der Waals surface area contributed by atoms with Gasteiger partial charge in [-0.2, -0.15) is 4.31 Å². The molecule has 0 aliphatic rings. The molecule has 0 fully saturated rings. The molecule has 18 nitrogen and oxygen atoms in total. The molecular formula is C19H39N2O16P3. The lowest BCUT2D eigenvalue weighted by atomic mass is 9.87. The maximum Gasteiger partial charge on any atom is 0.481 e. The first-order valence-corrected chi connectivity index (χ1v) is 16.3. The smallest absolute Gasteiger partial charge is 0.383 e. The van der Waals surface area contributed by atoms with Gasteiger partial charge in [0.1, 0.15) is 18.0 Å². The van der Waals surface area contributed by atoms with Crippen molar-refractivity contribution in [3.05, 3.63) is 0 Å². The Morgan fingerprint density at radius 3 is 1.43 bits per heavy atom. The van der Waals surface area contributed by atoms with Crippen molar-refractivity contribution in [2.24, 2.45) is 10.8 Å². The number of Topliss-reactive ketones (excluding diaryl/α,β-unsaturated/α-hetero) is 1. The fourth-order valence-corrected chi connectivity index (χ4v) is 5.10. The fraction of sp³-hybridized carbons (Fsp3) is 0.842. The number of phosphoric acid groups is 3. The molecule has 0 spiro atoms. The molecule has 0 rings (SSSR count). The van der Waals surface area contributed by atoms with E-state index in [2.05, 4.69) is 24.0 Å². The third-order valence-corrected chi connectivity index (χ3v) is 7.85. The zero-order chi connectivity index (χ0) is 31.6. The van der Waals surface area contributed by atoms with Crippen molar-refractivity contribution in [3.8, 4) is 0 Å². The average Bonchev–Trinajstić information content (AvgIpc) is 2.79. The number of phosphoric ester groups is 2. The predicted octanol–water partition coefficient (Wildman–Crippen LogP) is -0.542. The average molecular weight is 644 g/mol. The van der Waals surface area contributed by atoms with Crippen LogP contribution in [0.3, 0.4) is 0 Å². The van der Waals surface area contributed by atoms with Gasteiger partial charge < -0.3 is 45.3 Å². The summed E-state index contributed by atoms with van der Waals surface area (Å²) in [6, 6.07) is 0. The molecule has 0 saturated heterocycles. The highest BCUT2D eigenvalue weighted by molar-refractivity contribution is 7.60. The number of hydrogen-bond donors (Lipinski definition) is 9. The van der Waals surface area contributed by atoms with Crippen molar-refractivity contribution < 1.29 is 76.1 Å². The third-order valence-electron chi connectivity index (χ3n) is 5.25. The molecule has 0 aromatic heterocycles. The molecule has 0 aromatic carbocycles. The van der Waals surface area contributed by atoms with E-state index in [4.69, 9.17) is 19.6 Å². The van der Waals surface area contributed by atoms with Crippen molar-refractivity contribution >= 4 is 41.1 Å². The van der Waals surface area contributed by atoms with Gasteiger partial charge in [-0.05, 0) is 12.8 Å². The summed E-state index contributed by atoms with van der Waals surface area (Å²) in [6.07, 6.45) is -2.83. The van der Waals surface area contributed by atoms with Crippen LogP contribution < -0.4 is 10.6 Å². The highest BCUT2D eigenvalue weighted by Gasteiger charge is 2.39. The standard InChI is InChI=1S/C19H39N2O16P3/c1-18(2,11-35-38(27,28)29)14(23)16(25)20-9-5-7-13(22)8-6-10-21-17(26)15(24)19(3,4)12-36-40(33,34)37-39(30,31)32/h14-15,23-24H,5-12H2,1-4H3,(H,20,25)(H,21,26)(H,33,34)(H2,27,28,29)(H2,30,31,32). The Morgan fingerprint density at radius 2 is 1.07 bits per heavy atom. The number of hydrogen-bond acceptors (Lipinski definition) is 11. The summed E-state index contributed by atoms with van der Waals surface area (Å²) < 4.78 is 45.5. The van der Waals surface area contributed by atoms with Crippen LogP contribution in [0.5, 0.6) is 0 Å². The van der Waals surface area contributed by atoms with Crippen LogP contribution in [0.25, 0.3) is 0 Å². The zero-order valence-electron chi connectivity index (χ0n) is 22.5. The lowest BCUT2D eigenvalue weighted by Gasteiger charge is -2.29. The molecule has 40 heavy (non-hydrogen) atoms. The van der Waals surface area contributed by atoms with E-state index in [1.807, 2.05) is 0 Å². The van der Waals surface area contributed by atoms with E-state index in [9.17, 15) is 43.2 Å². The highest BCUT2D eigenvalue weighted by atomic mass is 31.3. The Hall–Kier alpha value is -1.10. The van der Waals surface area contributed by atoms with E-state index in [0.29, 0.717) is 0 Å². The first-order valence-electron chi connectivity index (χ1n) is 11.8. The summed E-state index contributed by atoms with van der Waals surface area (Å²) in [5.41, 5.74) is -2.78. The summed E-state index contributed by atoms with van der Waals surface area (Å²) in [4.78, 5) is 80.3. The molecule has 0 heterocycles.